The average molecular weight is 311 g/mol. The Kier molecular flexibility index (Phi) is 2.86. The van der Waals surface area contributed by atoms with E-state index in [1.807, 2.05) is 6.07 Å². The fourth-order valence-corrected chi connectivity index (χ4v) is 3.78. The standard InChI is InChI=1S/C22H17NO/c1-24-18-10-11-20-15(13-18)7-9-17-12-16-8-6-14-4-2-3-5-19(14)21(16)23-22(17)20/h2-6,8,10-13H,7,9H2,1H3. The Morgan fingerprint density at radius 2 is 1.67 bits per heavy atom. The van der Waals surface area contributed by atoms with Gasteiger partial charge in [0.15, 0.2) is 0 Å². The van der Waals surface area contributed by atoms with Gasteiger partial charge in [0.05, 0.1) is 18.3 Å². The number of fused-ring (bicyclic) bond motifs is 6. The van der Waals surface area contributed by atoms with E-state index in [0.29, 0.717) is 0 Å². The molecule has 1 heterocycles. The van der Waals surface area contributed by atoms with Gasteiger partial charge in [0.1, 0.15) is 5.75 Å². The van der Waals surface area contributed by atoms with Crippen molar-refractivity contribution in [3.05, 3.63) is 71.8 Å². The smallest absolute Gasteiger partial charge is 0.119 e. The first kappa shape index (κ1) is 13.6. The van der Waals surface area contributed by atoms with Crippen LogP contribution >= 0.6 is 0 Å². The summed E-state index contributed by atoms with van der Waals surface area (Å²) in [7, 11) is 1.72. The number of rotatable bonds is 1. The normalized spacial score (nSPS) is 12.9. The molecule has 2 heteroatoms. The van der Waals surface area contributed by atoms with E-state index in [0.717, 1.165) is 29.8 Å². The molecule has 0 bridgehead atoms. The van der Waals surface area contributed by atoms with Crippen molar-refractivity contribution >= 4 is 21.7 Å². The molecule has 5 rings (SSSR count). The zero-order valence-corrected chi connectivity index (χ0v) is 13.5. The van der Waals surface area contributed by atoms with Crippen LogP contribution in [0.1, 0.15) is 11.1 Å². The van der Waals surface area contributed by atoms with Crippen LogP contribution in [0.3, 0.4) is 0 Å². The van der Waals surface area contributed by atoms with Crippen LogP contribution in [-0.2, 0) is 12.8 Å². The maximum atomic E-state index is 5.38. The van der Waals surface area contributed by atoms with Crippen LogP contribution in [0.25, 0.3) is 32.9 Å². The quantitative estimate of drug-likeness (QED) is 0.453. The van der Waals surface area contributed by atoms with Gasteiger partial charge in [-0.1, -0.05) is 36.4 Å². The first-order valence-electron chi connectivity index (χ1n) is 8.32. The van der Waals surface area contributed by atoms with Crippen molar-refractivity contribution in [2.45, 2.75) is 12.8 Å². The van der Waals surface area contributed by atoms with E-state index in [1.165, 1.54) is 32.8 Å². The zero-order chi connectivity index (χ0) is 16.1. The van der Waals surface area contributed by atoms with E-state index in [9.17, 15) is 0 Å². The van der Waals surface area contributed by atoms with Gasteiger partial charge >= 0.3 is 0 Å². The average Bonchev–Trinajstić information content (AvgIpc) is 2.65. The third kappa shape index (κ3) is 1.93. The van der Waals surface area contributed by atoms with Crippen LogP contribution in [-0.4, -0.2) is 12.1 Å². The monoisotopic (exact) mass is 311 g/mol. The third-order valence-electron chi connectivity index (χ3n) is 5.02. The van der Waals surface area contributed by atoms with Crippen molar-refractivity contribution in [3.8, 4) is 17.0 Å². The lowest BCUT2D eigenvalue weighted by atomic mass is 9.88. The summed E-state index contributed by atoms with van der Waals surface area (Å²) < 4.78 is 5.38. The Labute approximate surface area is 140 Å². The highest BCUT2D eigenvalue weighted by atomic mass is 16.5. The van der Waals surface area contributed by atoms with Crippen LogP contribution in [0, 0.1) is 0 Å². The van der Waals surface area contributed by atoms with Gasteiger partial charge in [-0.05, 0) is 53.6 Å². The van der Waals surface area contributed by atoms with Crippen molar-refractivity contribution in [2.24, 2.45) is 0 Å². The minimum atomic E-state index is 0.920. The molecule has 0 saturated carbocycles. The summed E-state index contributed by atoms with van der Waals surface area (Å²) in [6.45, 7) is 0. The van der Waals surface area contributed by atoms with E-state index >= 15 is 0 Å². The fraction of sp³-hybridized carbons (Fsp3) is 0.136. The summed E-state index contributed by atoms with van der Waals surface area (Å²) in [5.41, 5.74) is 6.13. The third-order valence-corrected chi connectivity index (χ3v) is 5.02. The lowest BCUT2D eigenvalue weighted by Gasteiger charge is -2.20. The Morgan fingerprint density at radius 3 is 2.58 bits per heavy atom. The number of hydrogen-bond donors (Lipinski definition) is 0. The molecule has 0 amide bonds. The molecule has 2 nitrogen and oxygen atoms in total. The van der Waals surface area contributed by atoms with Gasteiger partial charge < -0.3 is 4.74 Å². The molecule has 0 spiro atoms. The number of methoxy groups -OCH3 is 1. The molecule has 0 fully saturated rings. The van der Waals surface area contributed by atoms with E-state index in [2.05, 4.69) is 54.6 Å². The van der Waals surface area contributed by atoms with Crippen molar-refractivity contribution in [1.82, 2.24) is 4.98 Å². The lowest BCUT2D eigenvalue weighted by Crippen LogP contribution is -2.06. The predicted octanol–water partition coefficient (Wildman–Crippen LogP) is 5.16. The highest BCUT2D eigenvalue weighted by molar-refractivity contribution is 6.06. The highest BCUT2D eigenvalue weighted by Crippen LogP contribution is 2.37. The molecule has 0 atom stereocenters. The van der Waals surface area contributed by atoms with Crippen LogP contribution in [0.2, 0.25) is 0 Å². The number of benzene rings is 3. The number of ether oxygens (including phenoxy) is 1. The van der Waals surface area contributed by atoms with Gasteiger partial charge in [0, 0.05) is 16.3 Å². The number of nitrogens with zero attached hydrogens (tertiary/aromatic N) is 1. The van der Waals surface area contributed by atoms with Crippen LogP contribution in [0.5, 0.6) is 5.75 Å². The maximum Gasteiger partial charge on any atom is 0.119 e. The van der Waals surface area contributed by atoms with Crippen molar-refractivity contribution in [2.75, 3.05) is 7.11 Å². The summed E-state index contributed by atoms with van der Waals surface area (Å²) in [6, 6.07) is 21.5. The number of pyridine rings is 1. The molecule has 1 aliphatic rings. The van der Waals surface area contributed by atoms with Crippen molar-refractivity contribution in [1.29, 1.82) is 0 Å². The van der Waals surface area contributed by atoms with E-state index < -0.39 is 0 Å². The molecule has 0 aliphatic heterocycles. The Morgan fingerprint density at radius 1 is 0.833 bits per heavy atom. The first-order valence-corrected chi connectivity index (χ1v) is 8.32. The summed E-state index contributed by atoms with van der Waals surface area (Å²) in [5, 5.41) is 3.69. The second-order valence-corrected chi connectivity index (χ2v) is 6.38. The molecule has 24 heavy (non-hydrogen) atoms. The van der Waals surface area contributed by atoms with Gasteiger partial charge in [-0.3, -0.25) is 0 Å². The summed E-state index contributed by atoms with van der Waals surface area (Å²) in [4.78, 5) is 5.10. The minimum absolute atomic E-state index is 0.920. The fourth-order valence-electron chi connectivity index (χ4n) is 3.78. The second kappa shape index (κ2) is 5.07. The Balaban J connectivity index is 1.82. The largest absolute Gasteiger partial charge is 0.497 e. The van der Waals surface area contributed by atoms with E-state index in [-0.39, 0.29) is 0 Å². The Bertz CT molecular complexity index is 1100. The molecule has 0 N–H and O–H groups in total. The number of aromatic nitrogens is 1. The molecule has 1 aliphatic carbocycles. The lowest BCUT2D eigenvalue weighted by molar-refractivity contribution is 0.414. The summed E-state index contributed by atoms with van der Waals surface area (Å²) in [5.74, 6) is 0.920. The highest BCUT2D eigenvalue weighted by Gasteiger charge is 2.19. The molecule has 1 aromatic heterocycles. The van der Waals surface area contributed by atoms with Gasteiger partial charge in [0.25, 0.3) is 0 Å². The second-order valence-electron chi connectivity index (χ2n) is 6.38. The summed E-state index contributed by atoms with van der Waals surface area (Å²) >= 11 is 0. The topological polar surface area (TPSA) is 22.1 Å². The SMILES string of the molecule is COc1ccc2c(c1)CCc1cc3ccc4ccccc4c3nc1-2. The van der Waals surface area contributed by atoms with Crippen LogP contribution in [0.15, 0.2) is 60.7 Å². The number of hydrogen-bond acceptors (Lipinski definition) is 2. The predicted molar refractivity (Wildman–Crippen MR) is 98.6 cm³/mol. The minimum Gasteiger partial charge on any atom is -0.497 e. The zero-order valence-electron chi connectivity index (χ0n) is 13.5. The summed E-state index contributed by atoms with van der Waals surface area (Å²) in [6.07, 6.45) is 2.07. The molecule has 3 aromatic carbocycles. The molecule has 4 aromatic rings. The van der Waals surface area contributed by atoms with Crippen molar-refractivity contribution in [3.63, 3.8) is 0 Å². The Hall–Kier alpha value is -2.87. The molecule has 0 saturated heterocycles. The molecule has 0 unspecified atom stereocenters. The van der Waals surface area contributed by atoms with E-state index in [4.69, 9.17) is 9.72 Å². The van der Waals surface area contributed by atoms with E-state index in [1.54, 1.807) is 7.11 Å². The first-order chi connectivity index (χ1) is 11.8. The number of aryl methyl sites for hydroxylation is 2. The van der Waals surface area contributed by atoms with Crippen molar-refractivity contribution < 1.29 is 4.74 Å². The van der Waals surface area contributed by atoms with Gasteiger partial charge in [-0.25, -0.2) is 4.98 Å². The van der Waals surface area contributed by atoms with Crippen LogP contribution in [0.4, 0.5) is 0 Å². The van der Waals surface area contributed by atoms with Crippen LogP contribution < -0.4 is 4.74 Å². The maximum absolute atomic E-state index is 5.38. The molecule has 116 valence electrons. The van der Waals surface area contributed by atoms with Gasteiger partial charge in [0.2, 0.25) is 0 Å². The van der Waals surface area contributed by atoms with Gasteiger partial charge in [-0.2, -0.15) is 0 Å². The molecular formula is C22H17NO. The molecular weight excluding hydrogens is 294 g/mol. The van der Waals surface area contributed by atoms with Gasteiger partial charge in [-0.15, -0.1) is 0 Å². The molecule has 0 radical (unpaired) electrons.